The molecule has 23 heavy (non-hydrogen) atoms. The van der Waals surface area contributed by atoms with Crippen LogP contribution in [0, 0.1) is 6.92 Å². The van der Waals surface area contributed by atoms with Gasteiger partial charge in [-0.25, -0.2) is 9.97 Å². The Balaban J connectivity index is 1.60. The van der Waals surface area contributed by atoms with Gasteiger partial charge in [0.2, 0.25) is 0 Å². The second kappa shape index (κ2) is 7.38. The minimum absolute atomic E-state index is 0.204. The normalized spacial score (nSPS) is 10.8. The highest BCUT2D eigenvalue weighted by Gasteiger charge is 2.08. The Morgan fingerprint density at radius 2 is 1.74 bits per heavy atom. The molecule has 0 aliphatic rings. The lowest BCUT2D eigenvalue weighted by molar-refractivity contribution is 0.0982. The van der Waals surface area contributed by atoms with Gasteiger partial charge in [0.25, 0.3) is 0 Å². The van der Waals surface area contributed by atoms with Crippen LogP contribution in [0.2, 0.25) is 0 Å². The molecule has 2 aromatic carbocycles. The van der Waals surface area contributed by atoms with E-state index in [2.05, 4.69) is 9.97 Å². The first-order chi connectivity index (χ1) is 11.2. The molecule has 0 amide bonds. The highest BCUT2D eigenvalue weighted by atomic mass is 32.2. The summed E-state index contributed by atoms with van der Waals surface area (Å²) in [4.78, 5) is 21.1. The molecule has 4 heteroatoms. The number of hydrogen-bond donors (Lipinski definition) is 0. The molecule has 0 spiro atoms. The standard InChI is InChI=1S/C19H18N2OS/c1-14-20-17-11-6-5-10-16(17)19(21-14)23-13-7-12-18(22)15-8-3-2-4-9-15/h2-6,8-11H,7,12-13H2,1H3. The van der Waals surface area contributed by atoms with Crippen LogP contribution in [0.3, 0.4) is 0 Å². The third kappa shape index (κ3) is 3.96. The second-order valence-electron chi connectivity index (χ2n) is 5.33. The zero-order chi connectivity index (χ0) is 16.1. The molecular formula is C19H18N2OS. The molecule has 116 valence electrons. The monoisotopic (exact) mass is 322 g/mol. The van der Waals surface area contributed by atoms with Crippen LogP contribution in [-0.2, 0) is 0 Å². The number of hydrogen-bond acceptors (Lipinski definition) is 4. The number of carbonyl (C=O) groups excluding carboxylic acids is 1. The van der Waals surface area contributed by atoms with Gasteiger partial charge in [0.05, 0.1) is 5.52 Å². The van der Waals surface area contributed by atoms with Crippen LogP contribution in [0.1, 0.15) is 29.0 Å². The van der Waals surface area contributed by atoms with Gasteiger partial charge in [-0.15, -0.1) is 11.8 Å². The first-order valence-electron chi connectivity index (χ1n) is 7.68. The molecule has 0 radical (unpaired) electrons. The molecule has 0 bridgehead atoms. The van der Waals surface area contributed by atoms with Crippen LogP contribution in [-0.4, -0.2) is 21.5 Å². The molecule has 0 aliphatic carbocycles. The van der Waals surface area contributed by atoms with E-state index in [1.807, 2.05) is 61.5 Å². The van der Waals surface area contributed by atoms with Crippen molar-refractivity contribution < 1.29 is 4.79 Å². The Kier molecular flexibility index (Phi) is 5.03. The van der Waals surface area contributed by atoms with E-state index in [1.165, 1.54) is 0 Å². The van der Waals surface area contributed by atoms with E-state index in [-0.39, 0.29) is 5.78 Å². The number of aryl methyl sites for hydroxylation is 1. The SMILES string of the molecule is Cc1nc(SCCCC(=O)c2ccccc2)c2ccccc2n1. The number of nitrogens with zero attached hydrogens (tertiary/aromatic N) is 2. The molecule has 0 saturated heterocycles. The van der Waals surface area contributed by atoms with Gasteiger partial charge in [0, 0.05) is 17.4 Å². The second-order valence-corrected chi connectivity index (χ2v) is 6.42. The molecule has 0 fully saturated rings. The molecule has 3 rings (SSSR count). The molecule has 0 saturated carbocycles. The summed E-state index contributed by atoms with van der Waals surface area (Å²) in [5.74, 6) is 1.86. The number of fused-ring (bicyclic) bond motifs is 1. The van der Waals surface area contributed by atoms with E-state index in [1.54, 1.807) is 11.8 Å². The molecule has 1 aromatic heterocycles. The number of carbonyl (C=O) groups is 1. The lowest BCUT2D eigenvalue weighted by Crippen LogP contribution is -1.99. The van der Waals surface area contributed by atoms with Crippen molar-refractivity contribution in [3.8, 4) is 0 Å². The van der Waals surface area contributed by atoms with Crippen LogP contribution >= 0.6 is 11.8 Å². The quantitative estimate of drug-likeness (QED) is 0.286. The maximum Gasteiger partial charge on any atom is 0.162 e. The molecular weight excluding hydrogens is 304 g/mol. The number of rotatable bonds is 6. The zero-order valence-corrected chi connectivity index (χ0v) is 13.8. The maximum absolute atomic E-state index is 12.1. The van der Waals surface area contributed by atoms with Gasteiger partial charge in [0.1, 0.15) is 10.9 Å². The molecule has 3 aromatic rings. The number of ketones is 1. The molecule has 3 nitrogen and oxygen atoms in total. The van der Waals surface area contributed by atoms with Crippen molar-refractivity contribution >= 4 is 28.4 Å². The third-order valence-electron chi connectivity index (χ3n) is 3.56. The van der Waals surface area contributed by atoms with Crippen molar-refractivity contribution in [2.45, 2.75) is 24.8 Å². The molecule has 1 heterocycles. The van der Waals surface area contributed by atoms with Gasteiger partial charge < -0.3 is 0 Å². The average molecular weight is 322 g/mol. The number of benzene rings is 2. The summed E-state index contributed by atoms with van der Waals surface area (Å²) in [7, 11) is 0. The predicted octanol–water partition coefficient (Wildman–Crippen LogP) is 4.69. The summed E-state index contributed by atoms with van der Waals surface area (Å²) in [5, 5.41) is 2.08. The summed E-state index contributed by atoms with van der Waals surface area (Å²) in [6.07, 6.45) is 1.41. The van der Waals surface area contributed by atoms with Crippen molar-refractivity contribution in [2.75, 3.05) is 5.75 Å². The fraction of sp³-hybridized carbons (Fsp3) is 0.211. The van der Waals surface area contributed by atoms with Gasteiger partial charge in [-0.1, -0.05) is 48.5 Å². The van der Waals surface area contributed by atoms with Gasteiger partial charge >= 0.3 is 0 Å². The molecule has 0 aliphatic heterocycles. The number of Topliss-reactive ketones (excluding diaryl/α,β-unsaturated/α-hetero) is 1. The lowest BCUT2D eigenvalue weighted by atomic mass is 10.1. The maximum atomic E-state index is 12.1. The minimum atomic E-state index is 0.204. The Hall–Kier alpha value is -2.20. The highest BCUT2D eigenvalue weighted by Crippen LogP contribution is 2.26. The third-order valence-corrected chi connectivity index (χ3v) is 4.64. The van der Waals surface area contributed by atoms with Crippen LogP contribution in [0.5, 0.6) is 0 Å². The van der Waals surface area contributed by atoms with E-state index >= 15 is 0 Å². The predicted molar refractivity (Wildman–Crippen MR) is 95.0 cm³/mol. The Morgan fingerprint density at radius 3 is 2.57 bits per heavy atom. The minimum Gasteiger partial charge on any atom is -0.294 e. The van der Waals surface area contributed by atoms with Crippen LogP contribution < -0.4 is 0 Å². The Labute approximate surface area is 140 Å². The Bertz CT molecular complexity index is 818. The lowest BCUT2D eigenvalue weighted by Gasteiger charge is -2.06. The van der Waals surface area contributed by atoms with E-state index in [0.29, 0.717) is 6.42 Å². The number of thioether (sulfide) groups is 1. The fourth-order valence-corrected chi connectivity index (χ4v) is 3.45. The van der Waals surface area contributed by atoms with E-state index in [4.69, 9.17) is 0 Å². The van der Waals surface area contributed by atoms with Crippen molar-refractivity contribution in [3.05, 3.63) is 66.0 Å². The summed E-state index contributed by atoms with van der Waals surface area (Å²) in [6, 6.07) is 17.5. The molecule has 0 N–H and O–H groups in total. The average Bonchev–Trinajstić information content (AvgIpc) is 2.59. The van der Waals surface area contributed by atoms with Gasteiger partial charge in [0.15, 0.2) is 5.78 Å². The first kappa shape index (κ1) is 15.7. The van der Waals surface area contributed by atoms with Crippen molar-refractivity contribution in [2.24, 2.45) is 0 Å². The highest BCUT2D eigenvalue weighted by molar-refractivity contribution is 7.99. The van der Waals surface area contributed by atoms with Crippen molar-refractivity contribution in [3.63, 3.8) is 0 Å². The fourth-order valence-electron chi connectivity index (χ4n) is 2.44. The number of para-hydroxylation sites is 1. The van der Waals surface area contributed by atoms with Crippen LogP contribution in [0.25, 0.3) is 10.9 Å². The summed E-state index contributed by atoms with van der Waals surface area (Å²) < 4.78 is 0. The topological polar surface area (TPSA) is 42.9 Å². The van der Waals surface area contributed by atoms with Crippen LogP contribution in [0.4, 0.5) is 0 Å². The van der Waals surface area contributed by atoms with Gasteiger partial charge in [-0.3, -0.25) is 4.79 Å². The largest absolute Gasteiger partial charge is 0.294 e. The van der Waals surface area contributed by atoms with Crippen LogP contribution in [0.15, 0.2) is 59.6 Å². The van der Waals surface area contributed by atoms with Crippen molar-refractivity contribution in [1.29, 1.82) is 0 Å². The van der Waals surface area contributed by atoms with Crippen molar-refractivity contribution in [1.82, 2.24) is 9.97 Å². The first-order valence-corrected chi connectivity index (χ1v) is 8.67. The van der Waals surface area contributed by atoms with Gasteiger partial charge in [-0.05, 0) is 25.2 Å². The Morgan fingerprint density at radius 1 is 1.00 bits per heavy atom. The summed E-state index contributed by atoms with van der Waals surface area (Å²) >= 11 is 1.70. The van der Waals surface area contributed by atoms with E-state index in [9.17, 15) is 4.79 Å². The smallest absolute Gasteiger partial charge is 0.162 e. The molecule has 0 unspecified atom stereocenters. The van der Waals surface area contributed by atoms with E-state index < -0.39 is 0 Å². The summed E-state index contributed by atoms with van der Waals surface area (Å²) in [6.45, 7) is 1.91. The number of aromatic nitrogens is 2. The van der Waals surface area contributed by atoms with Gasteiger partial charge in [-0.2, -0.15) is 0 Å². The zero-order valence-electron chi connectivity index (χ0n) is 13.0. The molecule has 0 atom stereocenters. The van der Waals surface area contributed by atoms with E-state index in [0.717, 1.165) is 39.5 Å². The summed E-state index contributed by atoms with van der Waals surface area (Å²) in [5.41, 5.74) is 1.77.